The minimum Gasteiger partial charge on any atom is -0.384 e. The number of nitrogens with one attached hydrogen (secondary N) is 1. The second kappa shape index (κ2) is 7.99. The Kier molecular flexibility index (Phi) is 5.22. The summed E-state index contributed by atoms with van der Waals surface area (Å²) in [5.74, 6) is 0.680. The van der Waals surface area contributed by atoms with Crippen molar-refractivity contribution in [2.45, 2.75) is 64.3 Å². The largest absolute Gasteiger partial charge is 0.384 e. The van der Waals surface area contributed by atoms with Gasteiger partial charge in [-0.2, -0.15) is 0 Å². The second-order valence-electron chi connectivity index (χ2n) is 9.46. The summed E-state index contributed by atoms with van der Waals surface area (Å²) in [7, 11) is 0. The minimum atomic E-state index is 0.680. The molecule has 1 saturated carbocycles. The van der Waals surface area contributed by atoms with Crippen LogP contribution in [0, 0.1) is 6.92 Å². The number of rotatable bonds is 6. The van der Waals surface area contributed by atoms with Gasteiger partial charge in [-0.1, -0.05) is 47.5 Å². The van der Waals surface area contributed by atoms with E-state index in [4.69, 9.17) is 0 Å². The summed E-state index contributed by atoms with van der Waals surface area (Å²) < 4.78 is 0. The molecule has 0 spiro atoms. The second-order valence-corrected chi connectivity index (χ2v) is 9.46. The van der Waals surface area contributed by atoms with Crippen LogP contribution < -0.4 is 5.32 Å². The number of benzene rings is 2. The number of anilines is 1. The third-order valence-corrected chi connectivity index (χ3v) is 7.39. The van der Waals surface area contributed by atoms with Crippen molar-refractivity contribution in [2.24, 2.45) is 0 Å². The van der Waals surface area contributed by atoms with Crippen LogP contribution in [0.4, 0.5) is 5.69 Å². The van der Waals surface area contributed by atoms with E-state index in [1.54, 1.807) is 16.7 Å². The van der Waals surface area contributed by atoms with Gasteiger partial charge in [-0.3, -0.25) is 4.90 Å². The summed E-state index contributed by atoms with van der Waals surface area (Å²) in [5.41, 5.74) is 10.8. The molecule has 2 nitrogen and oxygen atoms in total. The van der Waals surface area contributed by atoms with E-state index in [1.165, 1.54) is 74.0 Å². The van der Waals surface area contributed by atoms with Gasteiger partial charge in [0.15, 0.2) is 0 Å². The van der Waals surface area contributed by atoms with Crippen molar-refractivity contribution in [1.29, 1.82) is 0 Å². The minimum absolute atomic E-state index is 0.680. The predicted molar refractivity (Wildman–Crippen MR) is 123 cm³/mol. The van der Waals surface area contributed by atoms with Gasteiger partial charge < -0.3 is 5.32 Å². The summed E-state index contributed by atoms with van der Waals surface area (Å²) in [6.45, 7) is 8.12. The molecule has 2 heteroatoms. The lowest BCUT2D eigenvalue weighted by Crippen LogP contribution is -2.31. The Bertz CT molecular complexity index is 920. The Balaban J connectivity index is 1.33. The van der Waals surface area contributed by atoms with Crippen molar-refractivity contribution in [1.82, 2.24) is 4.90 Å². The normalized spacial score (nSPS) is 23.2. The van der Waals surface area contributed by atoms with Gasteiger partial charge in [-0.05, 0) is 86.6 Å². The van der Waals surface area contributed by atoms with Crippen molar-refractivity contribution in [3.63, 3.8) is 0 Å². The van der Waals surface area contributed by atoms with Crippen molar-refractivity contribution in [2.75, 3.05) is 25.0 Å². The maximum absolute atomic E-state index is 3.51. The molecule has 3 aliphatic rings. The quantitative estimate of drug-likeness (QED) is 0.625. The smallest absolute Gasteiger partial charge is 0.0373 e. The van der Waals surface area contributed by atoms with Crippen LogP contribution in [-0.2, 0) is 12.8 Å². The lowest BCUT2D eigenvalue weighted by molar-refractivity contribution is 0.261. The average molecular weight is 387 g/mol. The Morgan fingerprint density at radius 3 is 2.79 bits per heavy atom. The van der Waals surface area contributed by atoms with Gasteiger partial charge in [0, 0.05) is 31.4 Å². The van der Waals surface area contributed by atoms with E-state index in [0.29, 0.717) is 12.0 Å². The third-order valence-electron chi connectivity index (χ3n) is 7.39. The van der Waals surface area contributed by atoms with Crippen LogP contribution in [0.2, 0.25) is 0 Å². The first-order valence-corrected chi connectivity index (χ1v) is 11.5. The molecule has 1 N–H and O–H groups in total. The highest BCUT2D eigenvalue weighted by atomic mass is 15.2. The molecular weight excluding hydrogens is 352 g/mol. The van der Waals surface area contributed by atoms with Gasteiger partial charge in [-0.15, -0.1) is 0 Å². The first kappa shape index (κ1) is 18.9. The molecule has 0 aromatic heterocycles. The van der Waals surface area contributed by atoms with E-state index in [9.17, 15) is 0 Å². The molecule has 5 rings (SSSR count). The highest BCUT2D eigenvalue weighted by molar-refractivity contribution is 5.57. The van der Waals surface area contributed by atoms with Gasteiger partial charge in [-0.25, -0.2) is 0 Å². The number of hydrogen-bond acceptors (Lipinski definition) is 2. The molecule has 0 amide bonds. The topological polar surface area (TPSA) is 15.3 Å². The fraction of sp³-hybridized carbons (Fsp3) is 0.481. The van der Waals surface area contributed by atoms with Crippen LogP contribution in [0.3, 0.4) is 0 Å². The molecule has 2 atom stereocenters. The summed E-state index contributed by atoms with van der Waals surface area (Å²) in [6.07, 6.45) is 7.65. The van der Waals surface area contributed by atoms with Crippen LogP contribution in [0.5, 0.6) is 0 Å². The van der Waals surface area contributed by atoms with E-state index < -0.39 is 0 Å². The SMILES string of the molecule is CC(CN1CC(c2ccc3c(c2)CCN3)CC1CCc1ccccc1C)=C1CC1. The van der Waals surface area contributed by atoms with Crippen molar-refractivity contribution in [3.8, 4) is 0 Å². The maximum Gasteiger partial charge on any atom is 0.0373 e. The molecule has 2 fully saturated rings. The predicted octanol–water partition coefficient (Wildman–Crippen LogP) is 5.86. The van der Waals surface area contributed by atoms with Gasteiger partial charge >= 0.3 is 0 Å². The van der Waals surface area contributed by atoms with E-state index in [-0.39, 0.29) is 0 Å². The summed E-state index contributed by atoms with van der Waals surface area (Å²) in [5, 5.41) is 3.51. The molecule has 0 bridgehead atoms. The van der Waals surface area contributed by atoms with Crippen LogP contribution in [-0.4, -0.2) is 30.6 Å². The van der Waals surface area contributed by atoms with E-state index in [1.807, 2.05) is 0 Å². The number of likely N-dealkylation sites (tertiary alicyclic amines) is 1. The van der Waals surface area contributed by atoms with Crippen LogP contribution in [0.15, 0.2) is 53.6 Å². The summed E-state index contributed by atoms with van der Waals surface area (Å²) in [6, 6.07) is 16.8. The number of aryl methyl sites for hydroxylation is 2. The average Bonchev–Trinajstić information content (AvgIpc) is 3.35. The molecule has 2 unspecified atom stereocenters. The maximum atomic E-state index is 3.51. The Morgan fingerprint density at radius 2 is 1.97 bits per heavy atom. The fourth-order valence-corrected chi connectivity index (χ4v) is 5.42. The monoisotopic (exact) mass is 386 g/mol. The van der Waals surface area contributed by atoms with Crippen LogP contribution in [0.25, 0.3) is 0 Å². The zero-order valence-electron chi connectivity index (χ0n) is 18.0. The molecule has 2 heterocycles. The fourth-order valence-electron chi connectivity index (χ4n) is 5.42. The number of fused-ring (bicyclic) bond motifs is 1. The zero-order valence-corrected chi connectivity index (χ0v) is 18.0. The summed E-state index contributed by atoms with van der Waals surface area (Å²) >= 11 is 0. The molecule has 152 valence electrons. The Hall–Kier alpha value is -2.06. The lowest BCUT2D eigenvalue weighted by Gasteiger charge is -2.25. The molecule has 0 radical (unpaired) electrons. The zero-order chi connectivity index (χ0) is 19.8. The molecule has 2 aliphatic heterocycles. The van der Waals surface area contributed by atoms with Crippen molar-refractivity contribution < 1.29 is 0 Å². The van der Waals surface area contributed by atoms with E-state index in [2.05, 4.69) is 66.5 Å². The summed E-state index contributed by atoms with van der Waals surface area (Å²) in [4.78, 5) is 2.80. The van der Waals surface area contributed by atoms with Crippen LogP contribution in [0.1, 0.15) is 60.8 Å². The Morgan fingerprint density at radius 1 is 1.10 bits per heavy atom. The molecule has 1 saturated heterocycles. The van der Waals surface area contributed by atoms with Crippen molar-refractivity contribution in [3.05, 3.63) is 75.9 Å². The Labute approximate surface area is 176 Å². The number of hydrogen-bond donors (Lipinski definition) is 1. The van der Waals surface area contributed by atoms with Gasteiger partial charge in [0.2, 0.25) is 0 Å². The number of nitrogens with zero attached hydrogens (tertiary/aromatic N) is 1. The first-order valence-electron chi connectivity index (χ1n) is 11.5. The third kappa shape index (κ3) is 4.14. The highest BCUT2D eigenvalue weighted by Gasteiger charge is 2.33. The standard InChI is InChI=1S/C27H34N2/c1-19-5-3-4-6-21(19)9-11-26-16-25(18-29(26)17-20(2)22-7-8-22)23-10-12-27-24(15-23)13-14-28-27/h3-6,10,12,15,25-26,28H,7-9,11,13-14,16-18H2,1-2H3. The van der Waals surface area contributed by atoms with Gasteiger partial charge in [0.1, 0.15) is 0 Å². The first-order chi connectivity index (χ1) is 14.2. The number of allylic oxidation sites excluding steroid dienone is 1. The molecular formula is C27H34N2. The molecule has 1 aliphatic carbocycles. The van der Waals surface area contributed by atoms with Gasteiger partial charge in [0.05, 0.1) is 0 Å². The van der Waals surface area contributed by atoms with Crippen molar-refractivity contribution >= 4 is 5.69 Å². The van der Waals surface area contributed by atoms with E-state index >= 15 is 0 Å². The van der Waals surface area contributed by atoms with Gasteiger partial charge in [0.25, 0.3) is 0 Å². The lowest BCUT2D eigenvalue weighted by atomic mass is 9.92. The molecule has 2 aromatic carbocycles. The molecule has 2 aromatic rings. The van der Waals surface area contributed by atoms with Crippen LogP contribution >= 0.6 is 0 Å². The van der Waals surface area contributed by atoms with E-state index in [0.717, 1.165) is 6.54 Å². The highest BCUT2D eigenvalue weighted by Crippen LogP contribution is 2.38. The molecule has 29 heavy (non-hydrogen) atoms.